The Morgan fingerprint density at radius 3 is 2.35 bits per heavy atom. The average Bonchev–Trinajstić information content (AvgIpc) is 2.43. The molecule has 0 aliphatic rings. The van der Waals surface area contributed by atoms with Crippen LogP contribution in [0.1, 0.15) is 26.3 Å². The Morgan fingerprint density at radius 1 is 1.15 bits per heavy atom. The number of hydrogen-bond acceptors (Lipinski definition) is 4. The summed E-state index contributed by atoms with van der Waals surface area (Å²) < 4.78 is 10.4. The van der Waals surface area contributed by atoms with E-state index in [9.17, 15) is 4.79 Å². The normalized spacial score (nSPS) is 12.1. The summed E-state index contributed by atoms with van der Waals surface area (Å²) in [6.07, 6.45) is 0. The van der Waals surface area contributed by atoms with E-state index in [1.54, 1.807) is 14.2 Å². The molecule has 0 aliphatic heterocycles. The van der Waals surface area contributed by atoms with Gasteiger partial charge in [-0.05, 0) is 38.5 Å². The van der Waals surface area contributed by atoms with Crippen molar-refractivity contribution in [2.45, 2.75) is 39.4 Å². The third kappa shape index (κ3) is 4.74. The molecule has 0 spiro atoms. The fourth-order valence-corrected chi connectivity index (χ4v) is 1.76. The van der Waals surface area contributed by atoms with Crippen LogP contribution in [0, 0.1) is 0 Å². The zero-order valence-electron chi connectivity index (χ0n) is 12.8. The van der Waals surface area contributed by atoms with Crippen molar-refractivity contribution in [2.75, 3.05) is 14.2 Å². The lowest BCUT2D eigenvalue weighted by atomic mass is 10.2. The summed E-state index contributed by atoms with van der Waals surface area (Å²) in [5.74, 6) is 1.38. The lowest BCUT2D eigenvalue weighted by Gasteiger charge is -2.16. The first kappa shape index (κ1) is 16.3. The van der Waals surface area contributed by atoms with Crippen molar-refractivity contribution in [1.82, 2.24) is 10.6 Å². The molecule has 1 rings (SSSR count). The highest BCUT2D eigenvalue weighted by Crippen LogP contribution is 2.27. The number of methoxy groups -OCH3 is 2. The number of carbonyl (C=O) groups excluding carboxylic acids is 1. The van der Waals surface area contributed by atoms with Gasteiger partial charge in [0.15, 0.2) is 11.5 Å². The third-order valence-electron chi connectivity index (χ3n) is 2.88. The summed E-state index contributed by atoms with van der Waals surface area (Å²) in [6.45, 7) is 6.32. The first-order valence-corrected chi connectivity index (χ1v) is 6.72. The molecule has 0 heterocycles. The zero-order chi connectivity index (χ0) is 15.1. The van der Waals surface area contributed by atoms with Crippen molar-refractivity contribution in [1.29, 1.82) is 0 Å². The van der Waals surface area contributed by atoms with E-state index in [0.717, 1.165) is 5.56 Å². The number of ether oxygens (including phenoxy) is 2. The van der Waals surface area contributed by atoms with Crippen LogP contribution in [0.5, 0.6) is 11.5 Å². The maximum absolute atomic E-state index is 11.8. The Labute approximate surface area is 120 Å². The smallest absolute Gasteiger partial charge is 0.237 e. The van der Waals surface area contributed by atoms with Gasteiger partial charge in [0.1, 0.15) is 0 Å². The molecule has 1 amide bonds. The lowest BCUT2D eigenvalue weighted by Crippen LogP contribution is -2.44. The number of amides is 1. The van der Waals surface area contributed by atoms with Crippen molar-refractivity contribution in [3.05, 3.63) is 23.8 Å². The molecule has 0 fully saturated rings. The van der Waals surface area contributed by atoms with E-state index in [0.29, 0.717) is 18.0 Å². The van der Waals surface area contributed by atoms with Crippen LogP contribution in [-0.2, 0) is 11.3 Å². The maximum atomic E-state index is 11.8. The summed E-state index contributed by atoms with van der Waals surface area (Å²) in [7, 11) is 3.21. The predicted molar refractivity (Wildman–Crippen MR) is 79.1 cm³/mol. The standard InChI is InChI=1S/C15H24N2O3/c1-10(2)17-15(18)11(3)16-9-12-6-7-13(19-4)14(8-12)20-5/h6-8,10-11,16H,9H2,1-5H3,(H,17,18). The average molecular weight is 280 g/mol. The highest BCUT2D eigenvalue weighted by molar-refractivity contribution is 5.81. The van der Waals surface area contributed by atoms with Crippen molar-refractivity contribution >= 4 is 5.91 Å². The molecule has 1 unspecified atom stereocenters. The molecule has 2 N–H and O–H groups in total. The minimum Gasteiger partial charge on any atom is -0.493 e. The third-order valence-corrected chi connectivity index (χ3v) is 2.88. The van der Waals surface area contributed by atoms with Gasteiger partial charge in [-0.25, -0.2) is 0 Å². The van der Waals surface area contributed by atoms with Crippen LogP contribution in [0.2, 0.25) is 0 Å². The van der Waals surface area contributed by atoms with E-state index in [-0.39, 0.29) is 18.0 Å². The molecule has 0 saturated carbocycles. The van der Waals surface area contributed by atoms with E-state index in [1.807, 2.05) is 39.0 Å². The molecule has 0 aromatic heterocycles. The topological polar surface area (TPSA) is 59.6 Å². The Morgan fingerprint density at radius 2 is 1.80 bits per heavy atom. The molecule has 112 valence electrons. The van der Waals surface area contributed by atoms with Gasteiger partial charge in [-0.2, -0.15) is 0 Å². The molecule has 5 heteroatoms. The molecule has 0 bridgehead atoms. The van der Waals surface area contributed by atoms with Crippen LogP contribution in [-0.4, -0.2) is 32.2 Å². The molecule has 0 saturated heterocycles. The first-order chi connectivity index (χ1) is 9.47. The second-order valence-corrected chi connectivity index (χ2v) is 4.96. The van der Waals surface area contributed by atoms with Gasteiger partial charge < -0.3 is 20.1 Å². The van der Waals surface area contributed by atoms with Crippen LogP contribution < -0.4 is 20.1 Å². The van der Waals surface area contributed by atoms with Crippen LogP contribution in [0.25, 0.3) is 0 Å². The van der Waals surface area contributed by atoms with Crippen molar-refractivity contribution in [3.8, 4) is 11.5 Å². The largest absolute Gasteiger partial charge is 0.493 e. The summed E-state index contributed by atoms with van der Waals surface area (Å²) in [6, 6.07) is 5.60. The highest BCUT2D eigenvalue weighted by atomic mass is 16.5. The minimum atomic E-state index is -0.245. The van der Waals surface area contributed by atoms with E-state index in [1.165, 1.54) is 0 Å². The van der Waals surface area contributed by atoms with Gasteiger partial charge in [0.25, 0.3) is 0 Å². The van der Waals surface area contributed by atoms with Gasteiger partial charge in [0.05, 0.1) is 20.3 Å². The molecule has 0 aliphatic carbocycles. The molecule has 5 nitrogen and oxygen atoms in total. The quantitative estimate of drug-likeness (QED) is 0.798. The van der Waals surface area contributed by atoms with Crippen LogP contribution in [0.15, 0.2) is 18.2 Å². The Kier molecular flexibility index (Phi) is 6.31. The Hall–Kier alpha value is -1.75. The van der Waals surface area contributed by atoms with Gasteiger partial charge in [0, 0.05) is 12.6 Å². The Bertz CT molecular complexity index is 447. The van der Waals surface area contributed by atoms with Crippen molar-refractivity contribution < 1.29 is 14.3 Å². The Balaban J connectivity index is 2.59. The zero-order valence-corrected chi connectivity index (χ0v) is 12.8. The monoisotopic (exact) mass is 280 g/mol. The van der Waals surface area contributed by atoms with Gasteiger partial charge in [-0.1, -0.05) is 6.07 Å². The van der Waals surface area contributed by atoms with Crippen LogP contribution >= 0.6 is 0 Å². The number of rotatable bonds is 7. The summed E-state index contributed by atoms with van der Waals surface area (Å²) in [5, 5.41) is 6.06. The van der Waals surface area contributed by atoms with Gasteiger partial charge in [-0.3, -0.25) is 4.79 Å². The van der Waals surface area contributed by atoms with Gasteiger partial charge in [-0.15, -0.1) is 0 Å². The number of nitrogens with one attached hydrogen (secondary N) is 2. The predicted octanol–water partition coefficient (Wildman–Crippen LogP) is 1.71. The minimum absolute atomic E-state index is 0.000441. The second-order valence-electron chi connectivity index (χ2n) is 4.96. The van der Waals surface area contributed by atoms with Crippen LogP contribution in [0.3, 0.4) is 0 Å². The van der Waals surface area contributed by atoms with E-state index in [4.69, 9.17) is 9.47 Å². The SMILES string of the molecule is COc1ccc(CNC(C)C(=O)NC(C)C)cc1OC. The number of benzene rings is 1. The molecule has 1 aromatic carbocycles. The molecule has 0 radical (unpaired) electrons. The first-order valence-electron chi connectivity index (χ1n) is 6.72. The molecule has 1 aromatic rings. The second kappa shape index (κ2) is 7.75. The number of carbonyl (C=O) groups is 1. The molecular formula is C15H24N2O3. The van der Waals surface area contributed by atoms with E-state index < -0.39 is 0 Å². The fourth-order valence-electron chi connectivity index (χ4n) is 1.76. The van der Waals surface area contributed by atoms with E-state index in [2.05, 4.69) is 10.6 Å². The van der Waals surface area contributed by atoms with Crippen molar-refractivity contribution in [3.63, 3.8) is 0 Å². The van der Waals surface area contributed by atoms with Crippen LogP contribution in [0.4, 0.5) is 0 Å². The van der Waals surface area contributed by atoms with Gasteiger partial charge in [0.2, 0.25) is 5.91 Å². The molecule has 20 heavy (non-hydrogen) atoms. The summed E-state index contributed by atoms with van der Waals surface area (Å²) in [4.78, 5) is 11.8. The lowest BCUT2D eigenvalue weighted by molar-refractivity contribution is -0.123. The van der Waals surface area contributed by atoms with E-state index >= 15 is 0 Å². The summed E-state index contributed by atoms with van der Waals surface area (Å²) in [5.41, 5.74) is 1.03. The molecule has 1 atom stereocenters. The highest BCUT2D eigenvalue weighted by Gasteiger charge is 2.13. The molecular weight excluding hydrogens is 256 g/mol. The summed E-state index contributed by atoms with van der Waals surface area (Å²) >= 11 is 0. The fraction of sp³-hybridized carbons (Fsp3) is 0.533. The number of hydrogen-bond donors (Lipinski definition) is 2. The van der Waals surface area contributed by atoms with Crippen molar-refractivity contribution in [2.24, 2.45) is 0 Å². The van der Waals surface area contributed by atoms with Gasteiger partial charge >= 0.3 is 0 Å². The maximum Gasteiger partial charge on any atom is 0.237 e.